The molecular formula is C14H7N3O2. The van der Waals surface area contributed by atoms with E-state index in [0.717, 1.165) is 6.26 Å². The van der Waals surface area contributed by atoms with Gasteiger partial charge >= 0.3 is 0 Å². The highest BCUT2D eigenvalue weighted by molar-refractivity contribution is 6.19. The van der Waals surface area contributed by atoms with E-state index in [0.29, 0.717) is 16.8 Å². The predicted molar refractivity (Wildman–Crippen MR) is 67.3 cm³/mol. The summed E-state index contributed by atoms with van der Waals surface area (Å²) in [5.74, 6) is -0.228. The van der Waals surface area contributed by atoms with E-state index in [1.54, 1.807) is 18.2 Å². The molecule has 0 unspecified atom stereocenters. The van der Waals surface area contributed by atoms with E-state index in [2.05, 4.69) is 9.97 Å². The lowest BCUT2D eigenvalue weighted by atomic mass is 10.1. The van der Waals surface area contributed by atoms with Gasteiger partial charge in [-0.3, -0.25) is 4.79 Å². The van der Waals surface area contributed by atoms with Gasteiger partial charge in [-0.25, -0.2) is 9.97 Å². The number of ketones is 1. The Labute approximate surface area is 108 Å². The highest BCUT2D eigenvalue weighted by Gasteiger charge is 2.30. The second-order valence-electron chi connectivity index (χ2n) is 3.96. The van der Waals surface area contributed by atoms with Crippen LogP contribution < -0.4 is 0 Å². The lowest BCUT2D eigenvalue weighted by Gasteiger charge is -2.01. The lowest BCUT2D eigenvalue weighted by Crippen LogP contribution is -2.03. The fraction of sp³-hybridized carbons (Fsp3) is 0. The summed E-state index contributed by atoms with van der Waals surface area (Å²) in [6.45, 7) is 0. The van der Waals surface area contributed by atoms with Crippen molar-refractivity contribution in [3.63, 3.8) is 0 Å². The number of aliphatic hydroxyl groups excluding tert-OH is 1. The van der Waals surface area contributed by atoms with Crippen LogP contribution in [0.25, 0.3) is 17.3 Å². The van der Waals surface area contributed by atoms with Crippen LogP contribution in [0.15, 0.2) is 30.5 Å². The lowest BCUT2D eigenvalue weighted by molar-refractivity contribution is 0.103. The normalized spacial score (nSPS) is 12.3. The number of carbonyl (C=O) groups is 1. The minimum absolute atomic E-state index is 0.0187. The fourth-order valence-electron chi connectivity index (χ4n) is 2.08. The van der Waals surface area contributed by atoms with Crippen molar-refractivity contribution in [2.75, 3.05) is 0 Å². The molecule has 0 saturated heterocycles. The van der Waals surface area contributed by atoms with E-state index in [-0.39, 0.29) is 22.9 Å². The van der Waals surface area contributed by atoms with Crippen LogP contribution in [0.3, 0.4) is 0 Å². The monoisotopic (exact) mass is 249 g/mol. The molecule has 1 aromatic carbocycles. The Kier molecular flexibility index (Phi) is 2.36. The fourth-order valence-corrected chi connectivity index (χ4v) is 2.08. The molecule has 1 aliphatic rings. The van der Waals surface area contributed by atoms with Crippen molar-refractivity contribution >= 4 is 11.9 Å². The smallest absolute Gasteiger partial charge is 0.214 e. The van der Waals surface area contributed by atoms with Gasteiger partial charge in [0.15, 0.2) is 5.69 Å². The Balaban J connectivity index is 2.33. The van der Waals surface area contributed by atoms with Crippen LogP contribution in [0.2, 0.25) is 0 Å². The summed E-state index contributed by atoms with van der Waals surface area (Å²) in [6, 6.07) is 8.93. The topological polar surface area (TPSA) is 86.9 Å². The maximum atomic E-state index is 12.1. The minimum Gasteiger partial charge on any atom is -0.516 e. The van der Waals surface area contributed by atoms with Crippen LogP contribution in [0.4, 0.5) is 0 Å². The maximum absolute atomic E-state index is 12.1. The van der Waals surface area contributed by atoms with Gasteiger partial charge in [0.25, 0.3) is 0 Å². The molecule has 19 heavy (non-hydrogen) atoms. The Morgan fingerprint density at radius 1 is 1.16 bits per heavy atom. The zero-order valence-corrected chi connectivity index (χ0v) is 9.66. The molecule has 1 heterocycles. The average Bonchev–Trinajstić information content (AvgIpc) is 2.72. The van der Waals surface area contributed by atoms with Gasteiger partial charge in [-0.15, -0.1) is 0 Å². The molecular weight excluding hydrogens is 242 g/mol. The van der Waals surface area contributed by atoms with Gasteiger partial charge in [0.1, 0.15) is 23.2 Å². The number of fused-ring (bicyclic) bond motifs is 3. The number of hydrogen-bond donors (Lipinski definition) is 1. The van der Waals surface area contributed by atoms with Crippen molar-refractivity contribution in [2.24, 2.45) is 0 Å². The molecule has 0 spiro atoms. The van der Waals surface area contributed by atoms with Crippen LogP contribution in [0.1, 0.15) is 27.4 Å². The zero-order chi connectivity index (χ0) is 13.4. The third kappa shape index (κ3) is 1.51. The standard InChI is InChI=1S/C14H7N3O2/c15-7-11-10(5-6-18)16-12-8-3-1-2-4-9(8)14(19)13(12)17-11/h1-6,18H. The van der Waals surface area contributed by atoms with Gasteiger partial charge in [-0.2, -0.15) is 5.26 Å². The number of carbonyl (C=O) groups excluding carboxylic acids is 1. The number of benzene rings is 1. The van der Waals surface area contributed by atoms with Gasteiger partial charge in [-0.05, 0) is 0 Å². The molecule has 0 saturated carbocycles. The third-order valence-corrected chi connectivity index (χ3v) is 2.90. The first kappa shape index (κ1) is 11.1. The number of hydrogen-bond acceptors (Lipinski definition) is 5. The largest absolute Gasteiger partial charge is 0.516 e. The van der Waals surface area contributed by atoms with Crippen molar-refractivity contribution < 1.29 is 9.90 Å². The number of aliphatic hydroxyl groups is 1. The van der Waals surface area contributed by atoms with Gasteiger partial charge in [0.2, 0.25) is 5.78 Å². The molecule has 90 valence electrons. The van der Waals surface area contributed by atoms with Crippen LogP contribution in [-0.4, -0.2) is 20.9 Å². The molecule has 0 atom stereocenters. The average molecular weight is 249 g/mol. The zero-order valence-electron chi connectivity index (χ0n) is 9.66. The summed E-state index contributed by atoms with van der Waals surface area (Å²) >= 11 is 0. The molecule has 1 aliphatic carbocycles. The maximum Gasteiger partial charge on any atom is 0.214 e. The summed E-state index contributed by atoms with van der Waals surface area (Å²) in [5.41, 5.74) is 2.14. The van der Waals surface area contributed by atoms with Crippen LogP contribution >= 0.6 is 0 Å². The van der Waals surface area contributed by atoms with E-state index in [1.165, 1.54) is 6.08 Å². The number of nitrogens with zero attached hydrogens (tertiary/aromatic N) is 3. The summed E-state index contributed by atoms with van der Waals surface area (Å²) < 4.78 is 0. The van der Waals surface area contributed by atoms with Crippen LogP contribution in [0.5, 0.6) is 0 Å². The first-order chi connectivity index (χ1) is 9.26. The molecule has 3 rings (SSSR count). The van der Waals surface area contributed by atoms with E-state index < -0.39 is 0 Å². The van der Waals surface area contributed by atoms with Crippen molar-refractivity contribution in [1.82, 2.24) is 9.97 Å². The third-order valence-electron chi connectivity index (χ3n) is 2.90. The molecule has 0 fully saturated rings. The predicted octanol–water partition coefficient (Wildman–Crippen LogP) is 2.09. The van der Waals surface area contributed by atoms with Gasteiger partial charge < -0.3 is 5.11 Å². The Hall–Kier alpha value is -3.00. The quantitative estimate of drug-likeness (QED) is 0.667. The van der Waals surface area contributed by atoms with Crippen LogP contribution in [-0.2, 0) is 0 Å². The SMILES string of the molecule is N#Cc1nc2c(nc1C=CO)-c1ccccc1C2=O. The van der Waals surface area contributed by atoms with Crippen LogP contribution in [0, 0.1) is 11.3 Å². The second kappa shape index (κ2) is 4.03. The van der Waals surface area contributed by atoms with E-state index >= 15 is 0 Å². The van der Waals surface area contributed by atoms with E-state index in [4.69, 9.17) is 10.4 Å². The summed E-state index contributed by atoms with van der Waals surface area (Å²) in [4.78, 5) is 20.4. The molecule has 0 bridgehead atoms. The Morgan fingerprint density at radius 2 is 1.89 bits per heavy atom. The Bertz CT molecular complexity index is 773. The van der Waals surface area contributed by atoms with E-state index in [9.17, 15) is 4.79 Å². The molecule has 1 aromatic heterocycles. The minimum atomic E-state index is -0.228. The summed E-state index contributed by atoms with van der Waals surface area (Å²) in [6.07, 6.45) is 2.07. The molecule has 0 aliphatic heterocycles. The van der Waals surface area contributed by atoms with E-state index in [1.807, 2.05) is 12.1 Å². The Morgan fingerprint density at radius 3 is 2.58 bits per heavy atom. The van der Waals surface area contributed by atoms with Crippen molar-refractivity contribution in [2.45, 2.75) is 0 Å². The first-order valence-electron chi connectivity index (χ1n) is 5.53. The molecule has 1 N–H and O–H groups in total. The van der Waals surface area contributed by atoms with Gasteiger partial charge in [0, 0.05) is 17.2 Å². The first-order valence-corrected chi connectivity index (χ1v) is 5.53. The molecule has 0 amide bonds. The van der Waals surface area contributed by atoms with Gasteiger partial charge in [-0.1, -0.05) is 24.3 Å². The number of aromatic nitrogens is 2. The molecule has 5 nitrogen and oxygen atoms in total. The van der Waals surface area contributed by atoms with Crippen molar-refractivity contribution in [3.05, 3.63) is 53.2 Å². The second-order valence-corrected chi connectivity index (χ2v) is 3.96. The summed E-state index contributed by atoms with van der Waals surface area (Å²) in [5, 5.41) is 17.8. The highest BCUT2D eigenvalue weighted by Crippen LogP contribution is 2.34. The molecule has 0 radical (unpaired) electrons. The molecule has 5 heteroatoms. The summed E-state index contributed by atoms with van der Waals surface area (Å²) in [7, 11) is 0. The number of nitriles is 1. The highest BCUT2D eigenvalue weighted by atomic mass is 16.2. The van der Waals surface area contributed by atoms with Crippen molar-refractivity contribution in [1.29, 1.82) is 5.26 Å². The molecule has 2 aromatic rings. The van der Waals surface area contributed by atoms with Crippen molar-refractivity contribution in [3.8, 4) is 17.3 Å². The van der Waals surface area contributed by atoms with Gasteiger partial charge in [0.05, 0.1) is 6.26 Å². The number of rotatable bonds is 1.